The lowest BCUT2D eigenvalue weighted by atomic mass is 10.0. The number of nitrogens with zero attached hydrogens (tertiary/aromatic N) is 3. The molecule has 176 valence electrons. The van der Waals surface area contributed by atoms with Crippen LogP contribution in [0.5, 0.6) is 0 Å². The van der Waals surface area contributed by atoms with Crippen molar-refractivity contribution in [3.63, 3.8) is 0 Å². The first-order chi connectivity index (χ1) is 14.6. The number of anilines is 1. The SMILES string of the molecule is CC(=O)NNC(=O)C(C)(C)ON=C(C(=O)N[C@@H]1C(=O)N(S(=O)(=O)O)[C@H]1C)c1csc(N)n1. The minimum atomic E-state index is -4.78. The Morgan fingerprint density at radius 2 is 1.97 bits per heavy atom. The Hall–Kier alpha value is -3.31. The first-order valence-electron chi connectivity index (χ1n) is 8.81. The third-order valence-electron chi connectivity index (χ3n) is 4.11. The van der Waals surface area contributed by atoms with Crippen LogP contribution in [-0.2, 0) is 34.3 Å². The van der Waals surface area contributed by atoms with Gasteiger partial charge in [0.2, 0.25) is 11.5 Å². The van der Waals surface area contributed by atoms with E-state index in [0.29, 0.717) is 0 Å². The average molecular weight is 492 g/mol. The number of carbonyl (C=O) groups is 4. The maximum Gasteiger partial charge on any atom is 0.362 e. The zero-order chi connectivity index (χ0) is 24.4. The molecule has 1 aliphatic rings. The lowest BCUT2D eigenvalue weighted by molar-refractivity contribution is -0.145. The summed E-state index contributed by atoms with van der Waals surface area (Å²) in [4.78, 5) is 57.0. The maximum absolute atomic E-state index is 12.8. The minimum Gasteiger partial charge on any atom is -0.379 e. The highest BCUT2D eigenvalue weighted by atomic mass is 32.2. The summed E-state index contributed by atoms with van der Waals surface area (Å²) in [6.07, 6.45) is 0. The number of hydrazine groups is 1. The van der Waals surface area contributed by atoms with E-state index in [9.17, 15) is 27.6 Å². The third kappa shape index (κ3) is 5.48. The quantitative estimate of drug-likeness (QED) is 0.121. The molecule has 6 N–H and O–H groups in total. The molecule has 1 saturated heterocycles. The van der Waals surface area contributed by atoms with Crippen LogP contribution >= 0.6 is 11.3 Å². The summed E-state index contributed by atoms with van der Waals surface area (Å²) in [5, 5.41) is 7.43. The minimum absolute atomic E-state index is 0.0332. The Bertz CT molecular complexity index is 1080. The number of amides is 4. The van der Waals surface area contributed by atoms with Crippen LogP contribution in [0.4, 0.5) is 5.13 Å². The Morgan fingerprint density at radius 1 is 1.34 bits per heavy atom. The molecular formula is C15H21N7O8S2. The highest BCUT2D eigenvalue weighted by Gasteiger charge is 2.51. The van der Waals surface area contributed by atoms with Crippen molar-refractivity contribution in [3.05, 3.63) is 11.1 Å². The van der Waals surface area contributed by atoms with Crippen molar-refractivity contribution in [1.29, 1.82) is 0 Å². The molecule has 0 aromatic carbocycles. The number of nitrogens with one attached hydrogen (secondary N) is 3. The van der Waals surface area contributed by atoms with Gasteiger partial charge in [0, 0.05) is 12.3 Å². The number of hydrogen-bond acceptors (Lipinski definition) is 11. The monoisotopic (exact) mass is 491 g/mol. The Labute approximate surface area is 186 Å². The van der Waals surface area contributed by atoms with E-state index in [-0.39, 0.29) is 15.1 Å². The van der Waals surface area contributed by atoms with Gasteiger partial charge in [-0.1, -0.05) is 5.16 Å². The molecule has 0 saturated carbocycles. The van der Waals surface area contributed by atoms with Gasteiger partial charge >= 0.3 is 10.3 Å². The molecule has 0 radical (unpaired) electrons. The smallest absolute Gasteiger partial charge is 0.362 e. The lowest BCUT2D eigenvalue weighted by Gasteiger charge is -2.42. The number of nitrogen functional groups attached to an aromatic ring is 1. The van der Waals surface area contributed by atoms with Gasteiger partial charge in [0.1, 0.15) is 11.7 Å². The van der Waals surface area contributed by atoms with E-state index in [2.05, 4.69) is 26.3 Å². The topological polar surface area (TPSA) is 222 Å². The zero-order valence-electron chi connectivity index (χ0n) is 17.3. The molecule has 2 atom stereocenters. The molecule has 0 unspecified atom stereocenters. The molecule has 1 aromatic heterocycles. The number of thiazole rings is 1. The highest BCUT2D eigenvalue weighted by molar-refractivity contribution is 7.84. The van der Waals surface area contributed by atoms with Crippen molar-refractivity contribution in [1.82, 2.24) is 25.5 Å². The average Bonchev–Trinajstić information content (AvgIpc) is 3.09. The number of carbonyl (C=O) groups excluding carboxylic acids is 4. The molecule has 0 bridgehead atoms. The predicted octanol–water partition coefficient (Wildman–Crippen LogP) is -2.09. The second-order valence-corrected chi connectivity index (χ2v) is 9.23. The van der Waals surface area contributed by atoms with Gasteiger partial charge in [-0.25, -0.2) is 9.29 Å². The summed E-state index contributed by atoms with van der Waals surface area (Å²) >= 11 is 0.981. The number of hydrogen-bond donors (Lipinski definition) is 5. The molecule has 1 fully saturated rings. The van der Waals surface area contributed by atoms with Gasteiger partial charge in [0.15, 0.2) is 10.8 Å². The summed E-state index contributed by atoms with van der Waals surface area (Å²) in [5.41, 5.74) is 7.62. The first-order valence-corrected chi connectivity index (χ1v) is 11.1. The Balaban J connectivity index is 2.23. The number of nitrogens with two attached hydrogens (primary N) is 1. The fourth-order valence-electron chi connectivity index (χ4n) is 2.41. The molecule has 2 heterocycles. The van der Waals surface area contributed by atoms with Crippen molar-refractivity contribution in [2.75, 3.05) is 5.73 Å². The van der Waals surface area contributed by atoms with E-state index >= 15 is 0 Å². The van der Waals surface area contributed by atoms with Crippen LogP contribution in [0.15, 0.2) is 10.5 Å². The van der Waals surface area contributed by atoms with E-state index in [1.54, 1.807) is 0 Å². The van der Waals surface area contributed by atoms with Gasteiger partial charge in [0.25, 0.3) is 17.7 Å². The van der Waals surface area contributed by atoms with E-state index < -0.39 is 57.3 Å². The van der Waals surface area contributed by atoms with Gasteiger partial charge < -0.3 is 15.9 Å². The molecule has 1 aromatic rings. The number of aromatic nitrogens is 1. The first kappa shape index (κ1) is 25.0. The van der Waals surface area contributed by atoms with Crippen molar-refractivity contribution in [3.8, 4) is 0 Å². The van der Waals surface area contributed by atoms with Crippen LogP contribution in [0, 0.1) is 0 Å². The summed E-state index contributed by atoms with van der Waals surface area (Å²) in [6.45, 7) is 5.08. The van der Waals surface area contributed by atoms with E-state index in [1.165, 1.54) is 33.1 Å². The van der Waals surface area contributed by atoms with Crippen LogP contribution < -0.4 is 21.9 Å². The molecule has 4 amide bonds. The fraction of sp³-hybridized carbons (Fsp3) is 0.467. The fourth-order valence-corrected chi connectivity index (χ4v) is 3.84. The maximum atomic E-state index is 12.8. The number of β-lactam (4-membered cyclic amide) rings is 1. The molecule has 0 aliphatic carbocycles. The molecule has 2 rings (SSSR count). The highest BCUT2D eigenvalue weighted by Crippen LogP contribution is 2.23. The number of oxime groups is 1. The van der Waals surface area contributed by atoms with Crippen LogP contribution in [0.1, 0.15) is 33.4 Å². The zero-order valence-corrected chi connectivity index (χ0v) is 18.9. The van der Waals surface area contributed by atoms with Crippen molar-refractivity contribution < 1.29 is 37.0 Å². The van der Waals surface area contributed by atoms with Gasteiger partial charge in [-0.05, 0) is 20.8 Å². The largest absolute Gasteiger partial charge is 0.379 e. The van der Waals surface area contributed by atoms with Gasteiger partial charge in [-0.2, -0.15) is 8.42 Å². The van der Waals surface area contributed by atoms with Crippen LogP contribution in [-0.4, -0.2) is 69.3 Å². The molecule has 0 spiro atoms. The lowest BCUT2D eigenvalue weighted by Crippen LogP contribution is -2.71. The second-order valence-electron chi connectivity index (χ2n) is 7.05. The summed E-state index contributed by atoms with van der Waals surface area (Å²) in [5.74, 6) is -3.36. The Kier molecular flexibility index (Phi) is 7.06. The Morgan fingerprint density at radius 3 is 2.44 bits per heavy atom. The normalized spacial score (nSPS) is 19.1. The van der Waals surface area contributed by atoms with Crippen molar-refractivity contribution >= 4 is 56.1 Å². The van der Waals surface area contributed by atoms with Crippen LogP contribution in [0.3, 0.4) is 0 Å². The molecule has 1 aliphatic heterocycles. The van der Waals surface area contributed by atoms with Gasteiger partial charge in [0.05, 0.1) is 6.04 Å². The third-order valence-corrected chi connectivity index (χ3v) is 5.80. The predicted molar refractivity (Wildman–Crippen MR) is 110 cm³/mol. The summed E-state index contributed by atoms with van der Waals surface area (Å²) in [7, 11) is -4.78. The van der Waals surface area contributed by atoms with Crippen molar-refractivity contribution in [2.24, 2.45) is 5.16 Å². The standard InChI is InChI=1S/C15H21N7O8S2/c1-6-9(12(25)22(6)32(27,28)29)18-11(24)10(8-5-31-14(16)17-8)21-30-15(3,4)13(26)20-19-7(2)23/h5-6,9H,1-4H3,(H2,16,17)(H,18,24)(H,19,23)(H,20,26)(H,27,28,29)/t6-,9-/m0/s1. The summed E-state index contributed by atoms with van der Waals surface area (Å²) in [6, 6.07) is -2.34. The molecule has 17 heteroatoms. The van der Waals surface area contributed by atoms with Gasteiger partial charge in [-0.15, -0.1) is 11.3 Å². The van der Waals surface area contributed by atoms with E-state index in [4.69, 9.17) is 15.1 Å². The van der Waals surface area contributed by atoms with Crippen LogP contribution in [0.25, 0.3) is 0 Å². The number of rotatable bonds is 7. The van der Waals surface area contributed by atoms with Crippen LogP contribution in [0.2, 0.25) is 0 Å². The second kappa shape index (κ2) is 9.05. The molecule has 15 nitrogen and oxygen atoms in total. The van der Waals surface area contributed by atoms with Crippen molar-refractivity contribution in [2.45, 2.75) is 45.4 Å². The van der Waals surface area contributed by atoms with E-state index in [0.717, 1.165) is 11.3 Å². The molecular weight excluding hydrogens is 470 g/mol. The van der Waals surface area contributed by atoms with Gasteiger partial charge in [-0.3, -0.25) is 34.6 Å². The van der Waals surface area contributed by atoms with E-state index in [1.807, 2.05) is 0 Å². The summed E-state index contributed by atoms with van der Waals surface area (Å²) < 4.78 is 31.7. The molecule has 32 heavy (non-hydrogen) atoms.